The summed E-state index contributed by atoms with van der Waals surface area (Å²) in [7, 11) is -0.235. The van der Waals surface area contributed by atoms with E-state index in [-0.39, 0.29) is 19.3 Å². The van der Waals surface area contributed by atoms with Gasteiger partial charge in [0.1, 0.15) is 11.9 Å². The van der Waals surface area contributed by atoms with Gasteiger partial charge in [-0.1, -0.05) is 19.1 Å². The fraction of sp³-hybridized carbons (Fsp3) is 0.500. The molecule has 0 aromatic heterocycles. The number of hydrogen-bond acceptors (Lipinski definition) is 3. The Kier molecular flexibility index (Phi) is 2.41. The first-order valence-electron chi connectivity index (χ1n) is 5.86. The Labute approximate surface area is 95.8 Å². The van der Waals surface area contributed by atoms with Gasteiger partial charge < -0.3 is 14.0 Å². The normalized spacial score (nSPS) is 27.2. The van der Waals surface area contributed by atoms with E-state index in [1.807, 2.05) is 19.1 Å². The predicted octanol–water partition coefficient (Wildman–Crippen LogP) is 1.66. The number of benzene rings is 1. The molecule has 2 atom stereocenters. The van der Waals surface area contributed by atoms with Gasteiger partial charge in [-0.05, 0) is 25.0 Å². The van der Waals surface area contributed by atoms with E-state index in [0.717, 1.165) is 17.6 Å². The Hall–Kier alpha value is -0.995. The summed E-state index contributed by atoms with van der Waals surface area (Å²) >= 11 is 0. The third kappa shape index (κ3) is 1.45. The molecule has 0 N–H and O–H groups in total. The molecular formula is C12H15BO3. The molecule has 0 spiro atoms. The van der Waals surface area contributed by atoms with Gasteiger partial charge in [0.25, 0.3) is 0 Å². The van der Waals surface area contributed by atoms with Crippen LogP contribution in [0.1, 0.15) is 31.9 Å². The summed E-state index contributed by atoms with van der Waals surface area (Å²) in [4.78, 5) is 0. The molecule has 0 saturated carbocycles. The molecule has 2 aliphatic heterocycles. The van der Waals surface area contributed by atoms with Gasteiger partial charge in [-0.15, -0.1) is 0 Å². The maximum absolute atomic E-state index is 5.89. The molecule has 2 aliphatic rings. The van der Waals surface area contributed by atoms with Gasteiger partial charge in [-0.3, -0.25) is 0 Å². The van der Waals surface area contributed by atoms with Gasteiger partial charge in [-0.25, -0.2) is 0 Å². The molecule has 1 aromatic carbocycles. The lowest BCUT2D eigenvalue weighted by atomic mass is 9.78. The van der Waals surface area contributed by atoms with Gasteiger partial charge >= 0.3 is 7.12 Å². The Morgan fingerprint density at radius 1 is 1.44 bits per heavy atom. The zero-order valence-electron chi connectivity index (χ0n) is 9.60. The van der Waals surface area contributed by atoms with Crippen LogP contribution in [0.2, 0.25) is 0 Å². The van der Waals surface area contributed by atoms with E-state index in [4.69, 9.17) is 14.0 Å². The van der Waals surface area contributed by atoms with Gasteiger partial charge in [0.05, 0.1) is 12.7 Å². The highest BCUT2D eigenvalue weighted by molar-refractivity contribution is 6.64. The second kappa shape index (κ2) is 3.79. The molecule has 84 valence electrons. The van der Waals surface area contributed by atoms with Crippen LogP contribution >= 0.6 is 0 Å². The Balaban J connectivity index is 2.09. The van der Waals surface area contributed by atoms with Gasteiger partial charge in [-0.2, -0.15) is 0 Å². The van der Waals surface area contributed by atoms with Crippen LogP contribution in [0.25, 0.3) is 0 Å². The lowest BCUT2D eigenvalue weighted by Crippen LogP contribution is -2.31. The first-order valence-corrected chi connectivity index (χ1v) is 5.86. The molecule has 0 radical (unpaired) electrons. The van der Waals surface area contributed by atoms with Crippen LogP contribution in [0.4, 0.5) is 0 Å². The van der Waals surface area contributed by atoms with Crippen molar-refractivity contribution in [3.8, 4) is 5.75 Å². The monoisotopic (exact) mass is 218 g/mol. The fourth-order valence-corrected chi connectivity index (χ4v) is 2.40. The molecule has 0 saturated heterocycles. The van der Waals surface area contributed by atoms with Crippen LogP contribution in [-0.2, 0) is 9.31 Å². The minimum absolute atomic E-state index is 0.0841. The van der Waals surface area contributed by atoms with Gasteiger partial charge in [0, 0.05) is 5.46 Å². The molecule has 0 bridgehead atoms. The second-order valence-corrected chi connectivity index (χ2v) is 4.39. The molecule has 4 heteroatoms. The average Bonchev–Trinajstić information content (AvgIpc) is 2.57. The Morgan fingerprint density at radius 2 is 2.31 bits per heavy atom. The van der Waals surface area contributed by atoms with Crippen molar-refractivity contribution in [3.05, 3.63) is 23.8 Å². The Bertz CT molecular complexity index is 407. The first-order chi connectivity index (χ1) is 7.79. The third-order valence-electron chi connectivity index (χ3n) is 3.15. The lowest BCUT2D eigenvalue weighted by molar-refractivity contribution is 0.110. The topological polar surface area (TPSA) is 27.7 Å². The van der Waals surface area contributed by atoms with E-state index in [0.29, 0.717) is 6.61 Å². The molecule has 0 aliphatic carbocycles. The summed E-state index contributed by atoms with van der Waals surface area (Å²) < 4.78 is 17.5. The van der Waals surface area contributed by atoms with Crippen molar-refractivity contribution in [1.29, 1.82) is 0 Å². The van der Waals surface area contributed by atoms with Crippen LogP contribution in [0.5, 0.6) is 5.75 Å². The van der Waals surface area contributed by atoms with Crippen molar-refractivity contribution in [2.45, 2.75) is 32.5 Å². The SMILES string of the molecule is CCC1OB2OCC(C)Oc3cccc1c32. The van der Waals surface area contributed by atoms with Crippen molar-refractivity contribution in [2.24, 2.45) is 0 Å². The van der Waals surface area contributed by atoms with Crippen molar-refractivity contribution in [3.63, 3.8) is 0 Å². The molecule has 3 rings (SSSR count). The quantitative estimate of drug-likeness (QED) is 0.671. The zero-order chi connectivity index (χ0) is 11.1. The molecule has 2 unspecified atom stereocenters. The highest BCUT2D eigenvalue weighted by atomic mass is 16.6. The predicted molar refractivity (Wildman–Crippen MR) is 62.0 cm³/mol. The van der Waals surface area contributed by atoms with E-state index in [2.05, 4.69) is 13.0 Å². The lowest BCUT2D eigenvalue weighted by Gasteiger charge is -2.15. The summed E-state index contributed by atoms with van der Waals surface area (Å²) in [6.45, 7) is 4.71. The molecule has 1 aromatic rings. The number of ether oxygens (including phenoxy) is 1. The summed E-state index contributed by atoms with van der Waals surface area (Å²) in [5.41, 5.74) is 2.32. The van der Waals surface area contributed by atoms with Gasteiger partial charge in [0.15, 0.2) is 0 Å². The van der Waals surface area contributed by atoms with Crippen molar-refractivity contribution in [2.75, 3.05) is 6.61 Å². The maximum Gasteiger partial charge on any atom is 0.498 e. The van der Waals surface area contributed by atoms with Crippen molar-refractivity contribution >= 4 is 12.6 Å². The van der Waals surface area contributed by atoms with Crippen LogP contribution in [0.3, 0.4) is 0 Å². The maximum atomic E-state index is 5.89. The minimum atomic E-state index is -0.235. The third-order valence-corrected chi connectivity index (χ3v) is 3.15. The van der Waals surface area contributed by atoms with E-state index < -0.39 is 0 Å². The second-order valence-electron chi connectivity index (χ2n) is 4.39. The number of hydrogen-bond donors (Lipinski definition) is 0. The molecule has 16 heavy (non-hydrogen) atoms. The van der Waals surface area contributed by atoms with E-state index >= 15 is 0 Å². The Morgan fingerprint density at radius 3 is 3.12 bits per heavy atom. The van der Waals surface area contributed by atoms with E-state index in [9.17, 15) is 0 Å². The smallest absolute Gasteiger partial charge is 0.489 e. The van der Waals surface area contributed by atoms with E-state index in [1.54, 1.807) is 0 Å². The average molecular weight is 218 g/mol. The highest BCUT2D eigenvalue weighted by Gasteiger charge is 2.41. The summed E-state index contributed by atoms with van der Waals surface area (Å²) in [6.07, 6.45) is 1.20. The van der Waals surface area contributed by atoms with Crippen molar-refractivity contribution in [1.82, 2.24) is 0 Å². The molecular weight excluding hydrogens is 203 g/mol. The standard InChI is InChI=1S/C12H15BO3/c1-3-10-9-5-4-6-11-12(9)13(16-10)14-7-8(2)15-11/h4-6,8,10H,3,7H2,1-2H3. The largest absolute Gasteiger partial charge is 0.498 e. The molecule has 2 heterocycles. The zero-order valence-corrected chi connectivity index (χ0v) is 9.60. The molecule has 0 amide bonds. The van der Waals surface area contributed by atoms with Crippen LogP contribution in [-0.4, -0.2) is 19.8 Å². The van der Waals surface area contributed by atoms with Crippen molar-refractivity contribution < 1.29 is 14.0 Å². The summed E-state index contributed by atoms with van der Waals surface area (Å²) in [5, 5.41) is 0. The van der Waals surface area contributed by atoms with E-state index in [1.165, 1.54) is 5.56 Å². The fourth-order valence-electron chi connectivity index (χ4n) is 2.40. The molecule has 0 fully saturated rings. The molecule has 3 nitrogen and oxygen atoms in total. The van der Waals surface area contributed by atoms with Gasteiger partial charge in [0.2, 0.25) is 0 Å². The van der Waals surface area contributed by atoms with Crippen LogP contribution in [0, 0.1) is 0 Å². The highest BCUT2D eigenvalue weighted by Crippen LogP contribution is 2.32. The number of rotatable bonds is 1. The first kappa shape index (κ1) is 10.2. The summed E-state index contributed by atoms with van der Waals surface area (Å²) in [5.74, 6) is 0.920. The summed E-state index contributed by atoms with van der Waals surface area (Å²) in [6, 6.07) is 6.13. The minimum Gasteiger partial charge on any atom is -0.489 e. The van der Waals surface area contributed by atoms with Crippen LogP contribution < -0.4 is 10.2 Å². The van der Waals surface area contributed by atoms with Crippen LogP contribution in [0.15, 0.2) is 18.2 Å².